The maximum atomic E-state index is 10.7. The zero-order valence-electron chi connectivity index (χ0n) is 9.92. The molecule has 0 amide bonds. The first kappa shape index (κ1) is 15.4. The van der Waals surface area contributed by atoms with Crippen molar-refractivity contribution in [2.75, 3.05) is 0 Å². The number of carboxylic acids is 1. The van der Waals surface area contributed by atoms with Crippen molar-refractivity contribution in [1.29, 1.82) is 5.26 Å². The van der Waals surface area contributed by atoms with E-state index in [1.165, 1.54) is 0 Å². The number of nitro benzene ring substituents is 1. The van der Waals surface area contributed by atoms with E-state index in [1.54, 1.807) is 6.07 Å². The van der Waals surface area contributed by atoms with Gasteiger partial charge in [-0.2, -0.15) is 5.26 Å². The molecule has 0 aromatic heterocycles. The number of nitro groups is 1. The van der Waals surface area contributed by atoms with Crippen LogP contribution in [0.1, 0.15) is 23.7 Å². The van der Waals surface area contributed by atoms with Crippen LogP contribution in [0.2, 0.25) is 0 Å². The lowest BCUT2D eigenvalue weighted by Gasteiger charge is -2.17. The number of aliphatic hydroxyl groups excluding tert-OH is 2. The number of phenolic OH excluding ortho intramolecular Hbond substituents is 1. The van der Waals surface area contributed by atoms with Gasteiger partial charge in [0.25, 0.3) is 0 Å². The van der Waals surface area contributed by atoms with Gasteiger partial charge in [0.2, 0.25) is 0 Å². The molecule has 1 aromatic rings. The molecule has 1 rings (SSSR count). The molecule has 0 aliphatic rings. The normalized spacial score (nSPS) is 13.2. The second-order valence-electron chi connectivity index (χ2n) is 3.91. The number of hydrogen-bond acceptors (Lipinski definition) is 7. The van der Waals surface area contributed by atoms with Gasteiger partial charge in [-0.3, -0.25) is 14.9 Å². The third kappa shape index (κ3) is 3.19. The summed E-state index contributed by atoms with van der Waals surface area (Å²) in [5, 5.41) is 56.8. The van der Waals surface area contributed by atoms with Gasteiger partial charge in [0.1, 0.15) is 6.10 Å². The lowest BCUT2D eigenvalue weighted by atomic mass is 9.98. The van der Waals surface area contributed by atoms with E-state index < -0.39 is 46.5 Å². The fourth-order valence-corrected chi connectivity index (χ4v) is 1.57. The number of nitriles is 1. The maximum Gasteiger partial charge on any atom is 0.312 e. The van der Waals surface area contributed by atoms with Crippen molar-refractivity contribution < 1.29 is 30.1 Å². The van der Waals surface area contributed by atoms with Gasteiger partial charge >= 0.3 is 11.7 Å². The van der Waals surface area contributed by atoms with E-state index in [1.807, 2.05) is 0 Å². The van der Waals surface area contributed by atoms with E-state index in [0.29, 0.717) is 0 Å². The lowest BCUT2D eigenvalue weighted by Crippen LogP contribution is -2.22. The summed E-state index contributed by atoms with van der Waals surface area (Å²) >= 11 is 0. The van der Waals surface area contributed by atoms with Crippen molar-refractivity contribution in [3.8, 4) is 11.8 Å². The first-order valence-electron chi connectivity index (χ1n) is 5.27. The van der Waals surface area contributed by atoms with E-state index in [-0.39, 0.29) is 5.56 Å². The minimum Gasteiger partial charge on any atom is -0.502 e. The lowest BCUT2D eigenvalue weighted by molar-refractivity contribution is -0.386. The molecule has 0 aliphatic heterocycles. The molecule has 1 aromatic carbocycles. The minimum atomic E-state index is -1.88. The summed E-state index contributed by atoms with van der Waals surface area (Å²) in [5.41, 5.74) is -1.52. The maximum absolute atomic E-state index is 10.7. The molecule has 0 fully saturated rings. The second-order valence-corrected chi connectivity index (χ2v) is 3.91. The van der Waals surface area contributed by atoms with Gasteiger partial charge in [-0.1, -0.05) is 0 Å². The Bertz CT molecular complexity index is 593. The summed E-state index contributed by atoms with van der Waals surface area (Å²) in [6.07, 6.45) is -4.49. The molecule has 106 valence electrons. The van der Waals surface area contributed by atoms with Gasteiger partial charge < -0.3 is 20.4 Å². The van der Waals surface area contributed by atoms with Gasteiger partial charge in [-0.25, -0.2) is 0 Å². The van der Waals surface area contributed by atoms with Crippen LogP contribution in [0, 0.1) is 21.4 Å². The smallest absolute Gasteiger partial charge is 0.312 e. The molecule has 4 N–H and O–H groups in total. The fraction of sp³-hybridized carbons (Fsp3) is 0.273. The Kier molecular flexibility index (Phi) is 4.58. The molecule has 2 unspecified atom stereocenters. The van der Waals surface area contributed by atoms with Crippen LogP contribution in [0.25, 0.3) is 0 Å². The molecule has 0 saturated heterocycles. The molecule has 9 nitrogen and oxygen atoms in total. The molecule has 0 radical (unpaired) electrons. The molecule has 0 spiro atoms. The highest BCUT2D eigenvalue weighted by molar-refractivity contribution is 5.67. The molecule has 0 heterocycles. The van der Waals surface area contributed by atoms with Crippen molar-refractivity contribution >= 4 is 11.7 Å². The highest BCUT2D eigenvalue weighted by Crippen LogP contribution is 2.36. The molecule has 0 aliphatic carbocycles. The van der Waals surface area contributed by atoms with Crippen LogP contribution in [-0.2, 0) is 4.79 Å². The molecular weight excluding hydrogens is 272 g/mol. The number of phenols is 1. The molecular formula is C11H10N2O7. The SMILES string of the molecule is N#Cc1cc(C(O)C(O)CC(=O)O)c(O)c([N+](=O)[O-])c1. The molecule has 9 heteroatoms. The van der Waals surface area contributed by atoms with Gasteiger partial charge in [0.15, 0.2) is 5.75 Å². The van der Waals surface area contributed by atoms with Gasteiger partial charge in [0, 0.05) is 11.6 Å². The third-order valence-electron chi connectivity index (χ3n) is 2.51. The monoisotopic (exact) mass is 282 g/mol. The molecule has 20 heavy (non-hydrogen) atoms. The Hall–Kier alpha value is -2.70. The van der Waals surface area contributed by atoms with Crippen molar-refractivity contribution in [3.63, 3.8) is 0 Å². The number of aliphatic carboxylic acids is 1. The summed E-state index contributed by atoms with van der Waals surface area (Å²) in [6, 6.07) is 3.34. The first-order valence-corrected chi connectivity index (χ1v) is 5.27. The number of carbonyl (C=O) groups is 1. The number of nitrogens with zero attached hydrogens (tertiary/aromatic N) is 2. The zero-order valence-corrected chi connectivity index (χ0v) is 9.92. The van der Waals surface area contributed by atoms with Gasteiger partial charge in [-0.05, 0) is 6.07 Å². The van der Waals surface area contributed by atoms with Gasteiger partial charge in [-0.15, -0.1) is 0 Å². The highest BCUT2D eigenvalue weighted by atomic mass is 16.6. The Balaban J connectivity index is 3.30. The largest absolute Gasteiger partial charge is 0.502 e. The van der Waals surface area contributed by atoms with E-state index in [9.17, 15) is 30.2 Å². The number of carboxylic acid groups (broad SMARTS) is 1. The molecule has 0 saturated carbocycles. The van der Waals surface area contributed by atoms with E-state index in [2.05, 4.69) is 0 Å². The summed E-state index contributed by atoms with van der Waals surface area (Å²) in [4.78, 5) is 20.2. The van der Waals surface area contributed by atoms with Crippen LogP contribution in [0.3, 0.4) is 0 Å². The number of aromatic hydroxyl groups is 1. The van der Waals surface area contributed by atoms with Crippen molar-refractivity contribution in [3.05, 3.63) is 33.4 Å². The van der Waals surface area contributed by atoms with Crippen LogP contribution in [0.5, 0.6) is 5.75 Å². The van der Waals surface area contributed by atoms with Crippen molar-refractivity contribution in [1.82, 2.24) is 0 Å². The fourth-order valence-electron chi connectivity index (χ4n) is 1.57. The average molecular weight is 282 g/mol. The number of aliphatic hydroxyl groups is 2. The topological polar surface area (TPSA) is 165 Å². The highest BCUT2D eigenvalue weighted by Gasteiger charge is 2.28. The first-order chi connectivity index (χ1) is 9.27. The quantitative estimate of drug-likeness (QED) is 0.434. The number of hydrogen-bond donors (Lipinski definition) is 4. The summed E-state index contributed by atoms with van der Waals surface area (Å²) in [7, 11) is 0. The third-order valence-corrected chi connectivity index (χ3v) is 2.51. The van der Waals surface area contributed by atoms with Crippen molar-refractivity contribution in [2.24, 2.45) is 0 Å². The molecule has 2 atom stereocenters. The van der Waals surface area contributed by atoms with Crippen LogP contribution in [0.4, 0.5) is 5.69 Å². The van der Waals surface area contributed by atoms with E-state index in [4.69, 9.17) is 10.4 Å². The van der Waals surface area contributed by atoms with Crippen LogP contribution >= 0.6 is 0 Å². The van der Waals surface area contributed by atoms with E-state index in [0.717, 1.165) is 12.1 Å². The van der Waals surface area contributed by atoms with Crippen LogP contribution < -0.4 is 0 Å². The standard InChI is InChI=1S/C11H10N2O7/c12-4-5-1-6(10(17)7(2-5)13(19)20)11(18)8(14)3-9(15)16/h1-2,8,11,14,17-18H,3H2,(H,15,16). The number of benzene rings is 1. The summed E-state index contributed by atoms with van der Waals surface area (Å²) in [5.74, 6) is -2.33. The Morgan fingerprint density at radius 3 is 2.50 bits per heavy atom. The predicted molar refractivity (Wildman–Crippen MR) is 62.7 cm³/mol. The zero-order chi connectivity index (χ0) is 15.4. The average Bonchev–Trinajstić information content (AvgIpc) is 2.37. The van der Waals surface area contributed by atoms with Crippen LogP contribution in [0.15, 0.2) is 12.1 Å². The predicted octanol–water partition coefficient (Wildman–Crippen LogP) is 0.0411. The minimum absolute atomic E-state index is 0.217. The number of rotatable bonds is 5. The summed E-state index contributed by atoms with van der Waals surface area (Å²) < 4.78 is 0. The van der Waals surface area contributed by atoms with Crippen LogP contribution in [-0.4, -0.2) is 37.4 Å². The summed E-state index contributed by atoms with van der Waals surface area (Å²) in [6.45, 7) is 0. The Morgan fingerprint density at radius 2 is 2.05 bits per heavy atom. The Labute approximate surface area is 112 Å². The molecule has 0 bridgehead atoms. The van der Waals surface area contributed by atoms with E-state index >= 15 is 0 Å². The van der Waals surface area contributed by atoms with Crippen molar-refractivity contribution in [2.45, 2.75) is 18.6 Å². The van der Waals surface area contributed by atoms with Gasteiger partial charge in [0.05, 0.1) is 29.1 Å². The Morgan fingerprint density at radius 1 is 1.45 bits per heavy atom. The second kappa shape index (κ2) is 5.96.